The molecule has 0 fully saturated rings. The predicted octanol–water partition coefficient (Wildman–Crippen LogP) is 4.02. The van der Waals surface area contributed by atoms with Gasteiger partial charge in [0.2, 0.25) is 0 Å². The van der Waals surface area contributed by atoms with Crippen molar-refractivity contribution < 1.29 is 9.57 Å². The van der Waals surface area contributed by atoms with Gasteiger partial charge in [0.25, 0.3) is 0 Å². The molecule has 23 heavy (non-hydrogen) atoms. The van der Waals surface area contributed by atoms with Gasteiger partial charge in [-0.2, -0.15) is 0 Å². The third-order valence-electron chi connectivity index (χ3n) is 3.79. The van der Waals surface area contributed by atoms with Crippen LogP contribution >= 0.6 is 0 Å². The molecule has 1 atom stereocenters. The topological polar surface area (TPSA) is 30.8 Å². The maximum absolute atomic E-state index is 5.65. The highest BCUT2D eigenvalue weighted by Crippen LogP contribution is 2.29. The zero-order valence-corrected chi connectivity index (χ0v) is 13.4. The lowest BCUT2D eigenvalue weighted by Gasteiger charge is -2.17. The van der Waals surface area contributed by atoms with Crippen molar-refractivity contribution in [2.45, 2.75) is 25.4 Å². The Kier molecular flexibility index (Phi) is 4.34. The van der Waals surface area contributed by atoms with Crippen LogP contribution < -0.4 is 4.74 Å². The van der Waals surface area contributed by atoms with Crippen LogP contribution in [0.25, 0.3) is 0 Å². The van der Waals surface area contributed by atoms with Crippen LogP contribution in [0.5, 0.6) is 5.75 Å². The fourth-order valence-electron chi connectivity index (χ4n) is 2.50. The summed E-state index contributed by atoms with van der Waals surface area (Å²) in [6, 6.07) is 17.9. The molecule has 2 aromatic rings. The summed E-state index contributed by atoms with van der Waals surface area (Å²) in [4.78, 5) is 5.65. The largest absolute Gasteiger partial charge is 0.497 e. The second-order valence-corrected chi connectivity index (χ2v) is 5.83. The standard InChI is InChI=1S/C20H19NO2/c1-20(13-7-9-16-8-6-12-18(14-16)22-2)15-19(21-23-20)17-10-4-3-5-11-17/h3-6,8,10-12,14H,13,15H2,1-2H3. The fourth-order valence-corrected chi connectivity index (χ4v) is 2.50. The van der Waals surface area contributed by atoms with E-state index < -0.39 is 0 Å². The second-order valence-electron chi connectivity index (χ2n) is 5.83. The molecule has 1 unspecified atom stereocenters. The average Bonchev–Trinajstić information content (AvgIpc) is 2.98. The number of ether oxygens (including phenoxy) is 1. The normalized spacial score (nSPS) is 19.3. The van der Waals surface area contributed by atoms with Crippen molar-refractivity contribution >= 4 is 5.71 Å². The first kappa shape index (κ1) is 15.2. The van der Waals surface area contributed by atoms with Crippen LogP contribution in [0.2, 0.25) is 0 Å². The van der Waals surface area contributed by atoms with Crippen molar-refractivity contribution in [2.75, 3.05) is 7.11 Å². The number of rotatable bonds is 3. The molecule has 1 heterocycles. The van der Waals surface area contributed by atoms with E-state index in [0.29, 0.717) is 6.42 Å². The van der Waals surface area contributed by atoms with Gasteiger partial charge >= 0.3 is 0 Å². The number of hydrogen-bond acceptors (Lipinski definition) is 3. The van der Waals surface area contributed by atoms with E-state index in [1.165, 1.54) is 0 Å². The van der Waals surface area contributed by atoms with Crippen molar-refractivity contribution in [1.29, 1.82) is 0 Å². The minimum Gasteiger partial charge on any atom is -0.497 e. The third-order valence-corrected chi connectivity index (χ3v) is 3.79. The molecule has 0 radical (unpaired) electrons. The van der Waals surface area contributed by atoms with E-state index in [0.717, 1.165) is 29.0 Å². The van der Waals surface area contributed by atoms with Gasteiger partial charge in [-0.3, -0.25) is 0 Å². The molecular formula is C20H19NO2. The Balaban J connectivity index is 1.65. The quantitative estimate of drug-likeness (QED) is 0.802. The highest BCUT2D eigenvalue weighted by atomic mass is 16.7. The first-order valence-electron chi connectivity index (χ1n) is 7.62. The summed E-state index contributed by atoms with van der Waals surface area (Å²) in [5.41, 5.74) is 2.67. The minimum atomic E-state index is -0.364. The highest BCUT2D eigenvalue weighted by molar-refractivity contribution is 6.01. The Morgan fingerprint density at radius 1 is 1.17 bits per heavy atom. The number of benzene rings is 2. The van der Waals surface area contributed by atoms with Crippen LogP contribution in [0.15, 0.2) is 59.8 Å². The molecule has 3 heteroatoms. The van der Waals surface area contributed by atoms with Gasteiger partial charge in [-0.25, -0.2) is 0 Å². The molecule has 0 saturated carbocycles. The maximum atomic E-state index is 5.65. The van der Waals surface area contributed by atoms with E-state index in [4.69, 9.17) is 9.57 Å². The summed E-state index contributed by atoms with van der Waals surface area (Å²) in [6.45, 7) is 2.05. The summed E-state index contributed by atoms with van der Waals surface area (Å²) in [5, 5.41) is 4.24. The van der Waals surface area contributed by atoms with Crippen LogP contribution in [-0.4, -0.2) is 18.4 Å². The van der Waals surface area contributed by atoms with Crippen LogP contribution in [0, 0.1) is 11.8 Å². The maximum Gasteiger partial charge on any atom is 0.151 e. The molecule has 0 bridgehead atoms. The molecule has 2 aromatic carbocycles. The molecule has 0 amide bonds. The zero-order chi connectivity index (χ0) is 16.1. The Hall–Kier alpha value is -2.73. The first-order chi connectivity index (χ1) is 11.2. The highest BCUT2D eigenvalue weighted by Gasteiger charge is 2.33. The molecule has 1 aliphatic rings. The van der Waals surface area contributed by atoms with Gasteiger partial charge in [0, 0.05) is 12.0 Å². The number of methoxy groups -OCH3 is 1. The van der Waals surface area contributed by atoms with E-state index >= 15 is 0 Å². The molecule has 1 aliphatic heterocycles. The van der Waals surface area contributed by atoms with E-state index in [1.54, 1.807) is 7.11 Å². The summed E-state index contributed by atoms with van der Waals surface area (Å²) in [7, 11) is 1.66. The lowest BCUT2D eigenvalue weighted by atomic mass is 9.93. The van der Waals surface area contributed by atoms with Gasteiger partial charge in [0.1, 0.15) is 5.75 Å². The Morgan fingerprint density at radius 2 is 2.00 bits per heavy atom. The lowest BCUT2D eigenvalue weighted by Crippen LogP contribution is -2.24. The molecule has 0 aliphatic carbocycles. The van der Waals surface area contributed by atoms with Crippen molar-refractivity contribution in [3.05, 3.63) is 65.7 Å². The van der Waals surface area contributed by atoms with Crippen LogP contribution in [0.1, 0.15) is 30.9 Å². The summed E-state index contributed by atoms with van der Waals surface area (Å²) in [6.07, 6.45) is 1.40. The monoisotopic (exact) mass is 305 g/mol. The zero-order valence-electron chi connectivity index (χ0n) is 13.4. The van der Waals surface area contributed by atoms with Crippen molar-refractivity contribution in [3.8, 4) is 17.6 Å². The van der Waals surface area contributed by atoms with E-state index in [2.05, 4.69) is 29.1 Å². The molecule has 0 N–H and O–H groups in total. The van der Waals surface area contributed by atoms with Crippen molar-refractivity contribution in [3.63, 3.8) is 0 Å². The van der Waals surface area contributed by atoms with Gasteiger partial charge in [-0.15, -0.1) is 0 Å². The van der Waals surface area contributed by atoms with E-state index in [9.17, 15) is 0 Å². The molecule has 0 aromatic heterocycles. The number of nitrogens with zero attached hydrogens (tertiary/aromatic N) is 1. The van der Waals surface area contributed by atoms with Crippen molar-refractivity contribution in [2.24, 2.45) is 5.16 Å². The molecule has 0 spiro atoms. The van der Waals surface area contributed by atoms with Gasteiger partial charge in [0.05, 0.1) is 19.2 Å². The average molecular weight is 305 g/mol. The first-order valence-corrected chi connectivity index (χ1v) is 7.62. The number of hydrogen-bond donors (Lipinski definition) is 0. The van der Waals surface area contributed by atoms with Crippen LogP contribution in [0.3, 0.4) is 0 Å². The minimum absolute atomic E-state index is 0.364. The fraction of sp³-hybridized carbons (Fsp3) is 0.250. The molecule has 3 nitrogen and oxygen atoms in total. The van der Waals surface area contributed by atoms with Gasteiger partial charge in [-0.1, -0.05) is 53.4 Å². The van der Waals surface area contributed by atoms with Crippen molar-refractivity contribution in [1.82, 2.24) is 0 Å². The van der Waals surface area contributed by atoms with Gasteiger partial charge in [-0.05, 0) is 30.7 Å². The smallest absolute Gasteiger partial charge is 0.151 e. The molecule has 3 rings (SSSR count). The number of oxime groups is 1. The van der Waals surface area contributed by atoms with E-state index in [1.807, 2.05) is 49.4 Å². The van der Waals surface area contributed by atoms with Gasteiger partial charge < -0.3 is 9.57 Å². The SMILES string of the molecule is COc1cccc(C#CCC2(C)CC(c3ccccc3)=NO2)c1. The Morgan fingerprint density at radius 3 is 2.78 bits per heavy atom. The molecule has 0 saturated heterocycles. The molecule has 116 valence electrons. The van der Waals surface area contributed by atoms with Crippen LogP contribution in [-0.2, 0) is 4.84 Å². The van der Waals surface area contributed by atoms with Gasteiger partial charge in [0.15, 0.2) is 5.60 Å². The Bertz CT molecular complexity index is 771. The van der Waals surface area contributed by atoms with E-state index in [-0.39, 0.29) is 5.60 Å². The third kappa shape index (κ3) is 3.73. The Labute approximate surface area is 136 Å². The summed E-state index contributed by atoms with van der Waals surface area (Å²) in [5.74, 6) is 7.18. The second kappa shape index (κ2) is 6.58. The lowest BCUT2D eigenvalue weighted by molar-refractivity contribution is 0.000941. The summed E-state index contributed by atoms with van der Waals surface area (Å²) < 4.78 is 5.21. The predicted molar refractivity (Wildman–Crippen MR) is 91.6 cm³/mol. The van der Waals surface area contributed by atoms with Crippen LogP contribution in [0.4, 0.5) is 0 Å². The summed E-state index contributed by atoms with van der Waals surface area (Å²) >= 11 is 0. The molecular weight excluding hydrogens is 286 g/mol.